The number of aromatic carboxylic acids is 1. The number of carbonyl (C=O) groups is 1. The monoisotopic (exact) mass is 440 g/mol. The highest BCUT2D eigenvalue weighted by Gasteiger charge is 2.06. The van der Waals surface area contributed by atoms with E-state index in [0.717, 1.165) is 17.9 Å². The van der Waals surface area contributed by atoms with Crippen LogP contribution in [0.25, 0.3) is 0 Å². The quantitative estimate of drug-likeness (QED) is 0.552. The van der Waals surface area contributed by atoms with E-state index in [1.807, 2.05) is 19.1 Å². The number of hydrogen-bond acceptors (Lipinski definition) is 3. The van der Waals surface area contributed by atoms with E-state index in [-0.39, 0.29) is 12.8 Å². The maximum Gasteiger partial charge on any atom is 0.335 e. The first-order valence-electron chi connectivity index (χ1n) is 9.33. The number of carboxylic acid groups (broad SMARTS) is 1. The average molecular weight is 441 g/mol. The molecule has 1 N–H and O–H groups in total. The topological polar surface area (TPSA) is 71.4 Å². The Morgan fingerprint density at radius 3 is 1.69 bits per heavy atom. The summed E-state index contributed by atoms with van der Waals surface area (Å²) in [6.45, 7) is 6.30. The highest BCUT2D eigenvalue weighted by Crippen LogP contribution is 2.14. The van der Waals surface area contributed by atoms with Crippen molar-refractivity contribution in [1.82, 2.24) is 0 Å². The molecule has 0 unspecified atom stereocenters. The standard InChI is InChI=1S/C14H20O2.C14H2.O2.9H2/c1-10(2)5-4-6-12-7-8-13(14(15)16)11(3)9-12;1-3-5-7-9-11-13-14-12-10-8-6-4-2;1-2;;;;;;;;;/h7-10H,4-6H2,1-3H3,(H,15,16);1-2H;;9*1H. The van der Waals surface area contributed by atoms with Gasteiger partial charge in [-0.15, -0.1) is 12.8 Å². The van der Waals surface area contributed by atoms with Gasteiger partial charge in [-0.25, -0.2) is 4.79 Å². The SMILES string of the molecule is C#CC#CC#CC#CC#CC#CC#C.Cc1cc(CCCC(C)C)ccc1C(=O)O.O=O.[HH].[HH].[HH].[HH].[HH].[HH].[HH].[HH].[HH]. The summed E-state index contributed by atoms with van der Waals surface area (Å²) in [7, 11) is 0. The molecule has 0 aliphatic heterocycles. The van der Waals surface area contributed by atoms with Crippen molar-refractivity contribution in [1.29, 1.82) is 0 Å². The predicted molar refractivity (Wildman–Crippen MR) is 148 cm³/mol. The predicted octanol–water partition coefficient (Wildman–Crippen LogP) is 6.22. The fourth-order valence-corrected chi connectivity index (χ4v) is 2.16. The minimum atomic E-state index is -0.841. The summed E-state index contributed by atoms with van der Waals surface area (Å²) < 4.78 is 0. The van der Waals surface area contributed by atoms with Crippen LogP contribution < -0.4 is 0 Å². The van der Waals surface area contributed by atoms with E-state index < -0.39 is 5.97 Å². The molecule has 0 fully saturated rings. The van der Waals surface area contributed by atoms with Crippen molar-refractivity contribution in [2.24, 2.45) is 5.92 Å². The maximum atomic E-state index is 10.8. The molecule has 0 saturated carbocycles. The lowest BCUT2D eigenvalue weighted by Crippen LogP contribution is -2.00. The van der Waals surface area contributed by atoms with Gasteiger partial charge in [-0.05, 0) is 114 Å². The van der Waals surface area contributed by atoms with E-state index in [1.54, 1.807) is 6.07 Å². The van der Waals surface area contributed by atoms with Crippen LogP contribution in [0.2, 0.25) is 0 Å². The molecular formula is C28H40O4. The lowest BCUT2D eigenvalue weighted by molar-refractivity contribution is 0.0696. The third kappa shape index (κ3) is 17.3. The zero-order valence-corrected chi connectivity index (χ0v) is 18.3. The Morgan fingerprint density at radius 2 is 1.34 bits per heavy atom. The molecular weight excluding hydrogens is 400 g/mol. The van der Waals surface area contributed by atoms with Crippen LogP contribution in [0.1, 0.15) is 61.0 Å². The van der Waals surface area contributed by atoms with Gasteiger partial charge in [0.05, 0.1) is 5.56 Å². The molecule has 4 heteroatoms. The van der Waals surface area contributed by atoms with E-state index in [9.17, 15) is 4.79 Å². The van der Waals surface area contributed by atoms with Gasteiger partial charge in [0, 0.05) is 22.8 Å². The van der Waals surface area contributed by atoms with E-state index >= 15 is 0 Å². The molecule has 0 aliphatic carbocycles. The van der Waals surface area contributed by atoms with E-state index in [4.69, 9.17) is 27.9 Å². The second kappa shape index (κ2) is 20.9. The number of terminal acetylenes is 2. The summed E-state index contributed by atoms with van der Waals surface area (Å²) in [6, 6.07) is 5.63. The van der Waals surface area contributed by atoms with Crippen LogP contribution in [-0.4, -0.2) is 11.1 Å². The molecule has 32 heavy (non-hydrogen) atoms. The molecule has 4 nitrogen and oxygen atoms in total. The smallest absolute Gasteiger partial charge is 0.335 e. The molecule has 0 radical (unpaired) electrons. The van der Waals surface area contributed by atoms with Crippen molar-refractivity contribution in [3.8, 4) is 83.9 Å². The molecule has 0 heterocycles. The summed E-state index contributed by atoms with van der Waals surface area (Å²) in [4.78, 5) is 24.8. The van der Waals surface area contributed by atoms with Gasteiger partial charge in [0.15, 0.2) is 0 Å². The van der Waals surface area contributed by atoms with Crippen LogP contribution in [0.3, 0.4) is 0 Å². The molecule has 0 bridgehead atoms. The Morgan fingerprint density at radius 1 is 0.906 bits per heavy atom. The molecule has 0 aromatic heterocycles. The first-order chi connectivity index (χ1) is 15.4. The molecule has 0 aliphatic rings. The number of hydrogen-bond donors (Lipinski definition) is 1. The van der Waals surface area contributed by atoms with Gasteiger partial charge < -0.3 is 5.11 Å². The highest BCUT2D eigenvalue weighted by atomic mass is 16.7. The van der Waals surface area contributed by atoms with Crippen molar-refractivity contribution >= 4 is 5.97 Å². The lowest BCUT2D eigenvalue weighted by atomic mass is 9.99. The molecule has 0 spiro atoms. The van der Waals surface area contributed by atoms with E-state index in [0.29, 0.717) is 5.56 Å². The van der Waals surface area contributed by atoms with Gasteiger partial charge in [0.1, 0.15) is 0 Å². The fourth-order valence-electron chi connectivity index (χ4n) is 2.16. The van der Waals surface area contributed by atoms with Gasteiger partial charge in [-0.2, -0.15) is 0 Å². The van der Waals surface area contributed by atoms with Gasteiger partial charge >= 0.3 is 5.97 Å². The van der Waals surface area contributed by atoms with Crippen molar-refractivity contribution in [2.45, 2.75) is 40.0 Å². The number of rotatable bonds is 5. The second-order valence-corrected chi connectivity index (χ2v) is 6.28. The second-order valence-electron chi connectivity index (χ2n) is 6.28. The minimum Gasteiger partial charge on any atom is -0.478 e. The highest BCUT2D eigenvalue weighted by molar-refractivity contribution is 5.89. The van der Waals surface area contributed by atoms with Crippen LogP contribution in [0.15, 0.2) is 18.2 Å². The Hall–Kier alpha value is -4.79. The Kier molecular flexibility index (Phi) is 19.2. The Bertz CT molecular complexity index is 1120. The van der Waals surface area contributed by atoms with Crippen LogP contribution >= 0.6 is 0 Å². The number of benzene rings is 1. The molecule has 1 aromatic carbocycles. The van der Waals surface area contributed by atoms with Crippen LogP contribution in [-0.2, 0) is 6.42 Å². The lowest BCUT2D eigenvalue weighted by Gasteiger charge is -2.07. The van der Waals surface area contributed by atoms with Crippen LogP contribution in [0, 0.1) is 107 Å². The summed E-state index contributed by atoms with van der Waals surface area (Å²) in [5, 5.41) is 8.91. The van der Waals surface area contributed by atoms with Gasteiger partial charge in [-0.3, -0.25) is 0 Å². The average Bonchev–Trinajstić information content (AvgIpc) is 2.76. The number of carboxylic acids is 1. The zero-order valence-electron chi connectivity index (χ0n) is 18.3. The molecule has 0 atom stereocenters. The first kappa shape index (κ1) is 29.4. The summed E-state index contributed by atoms with van der Waals surface area (Å²) in [5.74, 6) is 28.2. The van der Waals surface area contributed by atoms with Crippen molar-refractivity contribution in [2.75, 3.05) is 0 Å². The largest absolute Gasteiger partial charge is 0.478 e. The Balaban J connectivity index is -0.0000000382. The van der Waals surface area contributed by atoms with Gasteiger partial charge in [0.2, 0.25) is 0 Å². The van der Waals surface area contributed by atoms with Crippen molar-refractivity contribution in [3.05, 3.63) is 44.8 Å². The van der Waals surface area contributed by atoms with Crippen LogP contribution in [0.5, 0.6) is 0 Å². The molecule has 176 valence electrons. The van der Waals surface area contributed by atoms with Crippen LogP contribution in [0.4, 0.5) is 0 Å². The fraction of sp³-hybridized carbons (Fsp3) is 0.250. The normalized spacial score (nSPS) is 7.06. The number of aryl methyl sites for hydroxylation is 2. The zero-order chi connectivity index (χ0) is 24.6. The van der Waals surface area contributed by atoms with Crippen molar-refractivity contribution < 1.29 is 22.7 Å². The molecule has 0 saturated heterocycles. The Labute approximate surface area is 204 Å². The first-order valence-corrected chi connectivity index (χ1v) is 9.33. The minimum absolute atomic E-state index is 0. The van der Waals surface area contributed by atoms with Gasteiger partial charge in [0.25, 0.3) is 0 Å². The van der Waals surface area contributed by atoms with Crippen molar-refractivity contribution in [3.63, 3.8) is 0 Å². The van der Waals surface area contributed by atoms with E-state index in [1.165, 1.54) is 18.4 Å². The summed E-state index contributed by atoms with van der Waals surface area (Å²) >= 11 is 0. The third-order valence-electron chi connectivity index (χ3n) is 3.47. The maximum absolute atomic E-state index is 10.8. The third-order valence-corrected chi connectivity index (χ3v) is 3.47. The molecule has 0 amide bonds. The molecule has 1 rings (SSSR count). The summed E-state index contributed by atoms with van der Waals surface area (Å²) in [5.41, 5.74) is 2.50. The summed E-state index contributed by atoms with van der Waals surface area (Å²) in [6.07, 6.45) is 13.1. The van der Waals surface area contributed by atoms with Gasteiger partial charge in [-0.1, -0.05) is 32.4 Å². The van der Waals surface area contributed by atoms with E-state index in [2.05, 4.69) is 84.9 Å². The molecule has 1 aromatic rings.